The summed E-state index contributed by atoms with van der Waals surface area (Å²) < 4.78 is 12.7. The first-order chi connectivity index (χ1) is 20.0. The first kappa shape index (κ1) is 26.0. The van der Waals surface area contributed by atoms with Gasteiger partial charge in [-0.05, 0) is 76.3 Å². The van der Waals surface area contributed by atoms with Crippen molar-refractivity contribution >= 4 is 39.8 Å². The van der Waals surface area contributed by atoms with Crippen LogP contribution in [-0.4, -0.2) is 33.8 Å². The SMILES string of the molecule is Clc1cncc(Cl)c1-c1noc(C2CC2)c1COC12CCC(c3ccc4cccc(N5CCCC5)c4n3)(CC1)CC2. The minimum absolute atomic E-state index is 0.125. The molecule has 0 unspecified atom stereocenters. The van der Waals surface area contributed by atoms with E-state index in [1.165, 1.54) is 35.1 Å². The molecule has 4 aromatic rings. The number of nitrogens with zero attached hydrogens (tertiary/aromatic N) is 4. The molecule has 2 bridgehead atoms. The largest absolute Gasteiger partial charge is 0.370 e. The normalized spacial score (nSPS) is 25.9. The number of halogens is 2. The van der Waals surface area contributed by atoms with E-state index in [4.69, 9.17) is 37.4 Å². The van der Waals surface area contributed by atoms with Crippen LogP contribution in [0.3, 0.4) is 0 Å². The molecule has 4 heterocycles. The molecule has 8 heteroatoms. The molecule has 6 nitrogen and oxygen atoms in total. The number of ether oxygens (including phenoxy) is 1. The van der Waals surface area contributed by atoms with E-state index in [2.05, 4.69) is 45.4 Å². The molecule has 3 aromatic heterocycles. The van der Waals surface area contributed by atoms with Gasteiger partial charge >= 0.3 is 0 Å². The topological polar surface area (TPSA) is 64.3 Å². The number of fused-ring (bicyclic) bond motifs is 4. The van der Waals surface area contributed by atoms with Gasteiger partial charge in [0, 0.05) is 59.0 Å². The standard InChI is InChI=1S/C33H34Cl2N4O2/c34-24-18-36-19-25(35)28(24)30-23(31(41-38-30)22-6-7-22)20-40-33-13-10-32(11-14-33,12-15-33)27-9-8-21-4-3-5-26(29(21)37-27)39-16-1-2-17-39/h3-5,8-9,18-19,22H,1-2,6-7,10-17,20H2. The van der Waals surface area contributed by atoms with Gasteiger partial charge in [-0.3, -0.25) is 9.97 Å². The van der Waals surface area contributed by atoms with E-state index >= 15 is 0 Å². The van der Waals surface area contributed by atoms with Crippen LogP contribution in [0.2, 0.25) is 10.0 Å². The average molecular weight is 590 g/mol. The van der Waals surface area contributed by atoms with Crippen molar-refractivity contribution in [1.82, 2.24) is 15.1 Å². The van der Waals surface area contributed by atoms with Crippen molar-refractivity contribution in [1.29, 1.82) is 0 Å². The van der Waals surface area contributed by atoms with Crippen LogP contribution < -0.4 is 4.90 Å². The van der Waals surface area contributed by atoms with Crippen LogP contribution in [-0.2, 0) is 16.8 Å². The second-order valence-corrected chi connectivity index (χ2v) is 13.4. The summed E-state index contributed by atoms with van der Waals surface area (Å²) in [7, 11) is 0. The van der Waals surface area contributed by atoms with Gasteiger partial charge in [0.2, 0.25) is 0 Å². The van der Waals surface area contributed by atoms with Crippen molar-refractivity contribution in [3.63, 3.8) is 0 Å². The van der Waals surface area contributed by atoms with Crippen molar-refractivity contribution in [3.8, 4) is 11.3 Å². The number of para-hydroxylation sites is 1. The van der Waals surface area contributed by atoms with Gasteiger partial charge in [0.25, 0.3) is 0 Å². The summed E-state index contributed by atoms with van der Waals surface area (Å²) in [5, 5.41) is 6.63. The van der Waals surface area contributed by atoms with Gasteiger partial charge in [0.1, 0.15) is 11.5 Å². The maximum Gasteiger partial charge on any atom is 0.145 e. The van der Waals surface area contributed by atoms with Gasteiger partial charge in [0.05, 0.1) is 33.5 Å². The summed E-state index contributed by atoms with van der Waals surface area (Å²) in [4.78, 5) is 12.0. The maximum atomic E-state index is 6.87. The summed E-state index contributed by atoms with van der Waals surface area (Å²) in [6.07, 6.45) is 14.4. The Morgan fingerprint density at radius 2 is 1.66 bits per heavy atom. The predicted octanol–water partition coefficient (Wildman–Crippen LogP) is 8.63. The third-order valence-corrected chi connectivity index (χ3v) is 10.8. The highest BCUT2D eigenvalue weighted by atomic mass is 35.5. The lowest BCUT2D eigenvalue weighted by molar-refractivity contribution is -0.127. The van der Waals surface area contributed by atoms with Crippen molar-refractivity contribution in [2.75, 3.05) is 18.0 Å². The Morgan fingerprint density at radius 1 is 0.927 bits per heavy atom. The molecule has 1 aliphatic heterocycles. The second kappa shape index (κ2) is 9.96. The lowest BCUT2D eigenvalue weighted by Crippen LogP contribution is -2.50. The molecule has 0 amide bonds. The second-order valence-electron chi connectivity index (χ2n) is 12.6. The number of hydrogen-bond donors (Lipinski definition) is 0. The zero-order valence-corrected chi connectivity index (χ0v) is 24.7. The van der Waals surface area contributed by atoms with Gasteiger partial charge in [-0.1, -0.05) is 46.6 Å². The van der Waals surface area contributed by atoms with Crippen LogP contribution in [0, 0.1) is 0 Å². The van der Waals surface area contributed by atoms with Crippen LogP contribution in [0.5, 0.6) is 0 Å². The van der Waals surface area contributed by atoms with Gasteiger partial charge < -0.3 is 14.2 Å². The Balaban J connectivity index is 1.04. The molecular weight excluding hydrogens is 555 g/mol. The van der Waals surface area contributed by atoms with E-state index in [0.717, 1.165) is 75.8 Å². The molecule has 1 aromatic carbocycles. The molecule has 41 heavy (non-hydrogen) atoms. The fourth-order valence-electron chi connectivity index (χ4n) is 7.58. The third-order valence-electron chi connectivity index (χ3n) is 10.2. The van der Waals surface area contributed by atoms with E-state index in [-0.39, 0.29) is 11.0 Å². The number of aromatic nitrogens is 3. The minimum Gasteiger partial charge on any atom is -0.370 e. The molecule has 5 fully saturated rings. The first-order valence-corrected chi connectivity index (χ1v) is 15.9. The first-order valence-electron chi connectivity index (χ1n) is 15.1. The molecular formula is C33H34Cl2N4O2. The molecule has 212 valence electrons. The molecule has 4 saturated carbocycles. The van der Waals surface area contributed by atoms with Crippen LogP contribution in [0.25, 0.3) is 22.2 Å². The predicted molar refractivity (Wildman–Crippen MR) is 162 cm³/mol. The number of benzene rings is 1. The monoisotopic (exact) mass is 588 g/mol. The highest BCUT2D eigenvalue weighted by Gasteiger charge is 2.51. The molecule has 0 N–H and O–H groups in total. The Morgan fingerprint density at radius 3 is 2.37 bits per heavy atom. The zero-order valence-electron chi connectivity index (χ0n) is 23.2. The highest BCUT2D eigenvalue weighted by Crippen LogP contribution is 2.55. The van der Waals surface area contributed by atoms with E-state index in [1.807, 2.05) is 0 Å². The van der Waals surface area contributed by atoms with Gasteiger partial charge in [-0.15, -0.1) is 0 Å². The molecule has 0 atom stereocenters. The highest BCUT2D eigenvalue weighted by molar-refractivity contribution is 6.38. The van der Waals surface area contributed by atoms with Crippen LogP contribution in [0.1, 0.15) is 87.1 Å². The molecule has 1 saturated heterocycles. The molecule has 0 radical (unpaired) electrons. The molecule has 9 rings (SSSR count). The molecule has 5 aliphatic rings. The number of hydrogen-bond acceptors (Lipinski definition) is 6. The quantitative estimate of drug-likeness (QED) is 0.215. The van der Waals surface area contributed by atoms with Gasteiger partial charge in [0.15, 0.2) is 0 Å². The third kappa shape index (κ3) is 4.45. The summed E-state index contributed by atoms with van der Waals surface area (Å²) in [6.45, 7) is 2.72. The lowest BCUT2D eigenvalue weighted by atomic mass is 9.57. The number of pyridine rings is 2. The van der Waals surface area contributed by atoms with Crippen LogP contribution in [0.4, 0.5) is 5.69 Å². The Hall–Kier alpha value is -2.67. The maximum absolute atomic E-state index is 6.87. The number of anilines is 1. The summed E-state index contributed by atoms with van der Waals surface area (Å²) >= 11 is 13.1. The van der Waals surface area contributed by atoms with Crippen LogP contribution >= 0.6 is 23.2 Å². The van der Waals surface area contributed by atoms with Crippen molar-refractivity contribution < 1.29 is 9.26 Å². The Bertz CT molecular complexity index is 1580. The van der Waals surface area contributed by atoms with E-state index in [0.29, 0.717) is 33.8 Å². The summed E-state index contributed by atoms with van der Waals surface area (Å²) in [5.41, 5.74) is 6.10. The minimum atomic E-state index is -0.125. The molecule has 0 spiro atoms. The lowest BCUT2D eigenvalue weighted by Gasteiger charge is -2.53. The van der Waals surface area contributed by atoms with Gasteiger partial charge in [-0.25, -0.2) is 0 Å². The van der Waals surface area contributed by atoms with E-state index in [9.17, 15) is 0 Å². The van der Waals surface area contributed by atoms with Crippen LogP contribution in [0.15, 0.2) is 47.2 Å². The average Bonchev–Trinajstić information content (AvgIpc) is 3.53. The fraction of sp³-hybridized carbons (Fsp3) is 0.485. The van der Waals surface area contributed by atoms with E-state index < -0.39 is 0 Å². The summed E-state index contributed by atoms with van der Waals surface area (Å²) in [5.74, 6) is 1.33. The Labute approximate surface area is 250 Å². The fourth-order valence-corrected chi connectivity index (χ4v) is 8.12. The molecule has 4 aliphatic carbocycles. The smallest absolute Gasteiger partial charge is 0.145 e. The van der Waals surface area contributed by atoms with Crippen molar-refractivity contribution in [3.05, 3.63) is 69.8 Å². The van der Waals surface area contributed by atoms with Crippen molar-refractivity contribution in [2.45, 2.75) is 87.7 Å². The number of rotatable bonds is 7. The zero-order chi connectivity index (χ0) is 27.6. The van der Waals surface area contributed by atoms with Crippen molar-refractivity contribution in [2.24, 2.45) is 0 Å². The van der Waals surface area contributed by atoms with E-state index in [1.54, 1.807) is 12.4 Å². The Kier molecular flexibility index (Phi) is 6.32. The van der Waals surface area contributed by atoms with Gasteiger partial charge in [-0.2, -0.15) is 0 Å². The summed E-state index contributed by atoms with van der Waals surface area (Å²) in [6, 6.07) is 11.2.